The first kappa shape index (κ1) is 30.2. The topological polar surface area (TPSA) is 150 Å². The Morgan fingerprint density at radius 1 is 0.738 bits per heavy atom. The molecule has 0 unspecified atom stereocenters. The number of aromatic nitrogens is 4. The Kier molecular flexibility index (Phi) is 10.2. The fraction of sp³-hybridized carbons (Fsp3) is 0.0667. The van der Waals surface area contributed by atoms with Crippen LogP contribution in [0.1, 0.15) is 21.0 Å². The number of ether oxygens (including phenoxy) is 2. The van der Waals surface area contributed by atoms with E-state index in [1.807, 2.05) is 54.7 Å². The molecule has 42 heavy (non-hydrogen) atoms. The average molecular weight is 629 g/mol. The van der Waals surface area contributed by atoms with Gasteiger partial charge in [0, 0.05) is 62.1 Å². The largest absolute Gasteiger partial charge is 0.490 e. The van der Waals surface area contributed by atoms with Gasteiger partial charge in [0.25, 0.3) is 0 Å². The van der Waals surface area contributed by atoms with Gasteiger partial charge in [0.15, 0.2) is 0 Å². The van der Waals surface area contributed by atoms with Gasteiger partial charge in [0.05, 0.1) is 14.2 Å². The van der Waals surface area contributed by atoms with Crippen LogP contribution < -0.4 is 5.46 Å². The Balaban J connectivity index is 0.000000155. The molecule has 0 aliphatic rings. The maximum absolute atomic E-state index is 11.5. The lowest BCUT2D eigenvalue weighted by Gasteiger charge is -2.00. The smallest absolute Gasteiger partial charge is 0.464 e. The third-order valence-corrected chi connectivity index (χ3v) is 6.49. The van der Waals surface area contributed by atoms with E-state index in [1.54, 1.807) is 36.7 Å². The summed E-state index contributed by atoms with van der Waals surface area (Å²) in [6.45, 7) is 0. The molecule has 0 saturated carbocycles. The molecule has 4 N–H and O–H groups in total. The van der Waals surface area contributed by atoms with Crippen molar-refractivity contribution >= 4 is 62.3 Å². The molecule has 2 aromatic carbocycles. The van der Waals surface area contributed by atoms with Crippen molar-refractivity contribution in [2.75, 3.05) is 14.2 Å². The summed E-state index contributed by atoms with van der Waals surface area (Å²) in [7, 11) is 1.33. The lowest BCUT2D eigenvalue weighted by Crippen LogP contribution is -2.29. The third-order valence-electron chi connectivity index (χ3n) is 6.00. The van der Waals surface area contributed by atoms with E-state index in [4.69, 9.17) is 14.8 Å². The van der Waals surface area contributed by atoms with Gasteiger partial charge in [-0.3, -0.25) is 9.97 Å². The number of rotatable bonds is 4. The van der Waals surface area contributed by atoms with E-state index in [0.717, 1.165) is 37.4 Å². The number of carbonyl (C=O) groups is 2. The summed E-state index contributed by atoms with van der Waals surface area (Å²) in [5, 5.41) is 19.1. The second kappa shape index (κ2) is 14.2. The van der Waals surface area contributed by atoms with Crippen molar-refractivity contribution in [3.8, 4) is 11.1 Å². The average Bonchev–Trinajstić information content (AvgIpc) is 3.65. The zero-order valence-electron chi connectivity index (χ0n) is 22.6. The van der Waals surface area contributed by atoms with Crippen LogP contribution in [-0.2, 0) is 9.47 Å². The number of fused-ring (bicyclic) bond motifs is 2. The monoisotopic (exact) mass is 628 g/mol. The van der Waals surface area contributed by atoms with Crippen LogP contribution in [0.5, 0.6) is 0 Å². The summed E-state index contributed by atoms with van der Waals surface area (Å²) in [6.07, 6.45) is 6.54. The molecule has 12 heteroatoms. The molecule has 0 spiro atoms. The first-order valence-corrected chi connectivity index (χ1v) is 13.3. The fourth-order valence-corrected chi connectivity index (χ4v) is 4.27. The van der Waals surface area contributed by atoms with Crippen molar-refractivity contribution in [2.24, 2.45) is 0 Å². The fourth-order valence-electron chi connectivity index (χ4n) is 3.91. The Morgan fingerprint density at radius 3 is 1.81 bits per heavy atom. The highest BCUT2D eigenvalue weighted by Gasteiger charge is 2.11. The number of pyridine rings is 2. The molecule has 0 aliphatic carbocycles. The molecule has 0 amide bonds. The van der Waals surface area contributed by atoms with Gasteiger partial charge in [0.1, 0.15) is 11.4 Å². The molecular formula is C30H26BBrN4O6. The minimum Gasteiger partial charge on any atom is -0.464 e. The van der Waals surface area contributed by atoms with Gasteiger partial charge < -0.3 is 29.5 Å². The Hall–Kier alpha value is -4.78. The Labute approximate surface area is 249 Å². The molecule has 0 aliphatic heterocycles. The second-order valence-corrected chi connectivity index (χ2v) is 9.70. The van der Waals surface area contributed by atoms with Gasteiger partial charge in [0.2, 0.25) is 0 Å². The van der Waals surface area contributed by atoms with Crippen LogP contribution in [0.3, 0.4) is 0 Å². The van der Waals surface area contributed by atoms with Gasteiger partial charge in [-0.05, 0) is 48.0 Å². The number of esters is 2. The predicted octanol–water partition coefficient (Wildman–Crippen LogP) is 4.49. The summed E-state index contributed by atoms with van der Waals surface area (Å²) in [4.78, 5) is 36.5. The maximum atomic E-state index is 11.5. The van der Waals surface area contributed by atoms with Gasteiger partial charge in [-0.15, -0.1) is 0 Å². The lowest BCUT2D eigenvalue weighted by molar-refractivity contribution is 0.0586. The van der Waals surface area contributed by atoms with Gasteiger partial charge >= 0.3 is 19.1 Å². The molecule has 0 fully saturated rings. The number of benzene rings is 2. The molecule has 6 aromatic rings. The quantitative estimate of drug-likeness (QED) is 0.165. The molecule has 0 bridgehead atoms. The van der Waals surface area contributed by atoms with Crippen LogP contribution in [0.15, 0.2) is 102 Å². The molecule has 0 atom stereocenters. The van der Waals surface area contributed by atoms with E-state index in [0.29, 0.717) is 16.9 Å². The van der Waals surface area contributed by atoms with Crippen LogP contribution in [-0.4, -0.2) is 63.3 Å². The Bertz CT molecular complexity index is 1790. The third kappa shape index (κ3) is 7.70. The van der Waals surface area contributed by atoms with Gasteiger partial charge in [-0.1, -0.05) is 46.3 Å². The van der Waals surface area contributed by atoms with Gasteiger partial charge in [-0.2, -0.15) is 0 Å². The molecular weight excluding hydrogens is 603 g/mol. The number of hydrogen-bond acceptors (Lipinski definition) is 8. The standard InChI is InChI=1S/C15H12N2O2.C10H8BrNO2.C5H6BNO2/c1-19-15(18)14-8-11-5-4-10(7-13(11)17-14)12-3-2-6-16-9-12;1-14-10(13)9-4-6-2-3-7(11)5-8(6)12-9;8-6(9)5-2-1-3-7-4-5/h2-9,17H,1H3;2-5,12H,1H3;1-4,8-9H. The molecule has 10 nitrogen and oxygen atoms in total. The lowest BCUT2D eigenvalue weighted by atomic mass is 9.82. The maximum Gasteiger partial charge on any atom is 0.490 e. The van der Waals surface area contributed by atoms with Crippen molar-refractivity contribution in [3.63, 3.8) is 0 Å². The minimum absolute atomic E-state index is 0.350. The van der Waals surface area contributed by atoms with Crippen molar-refractivity contribution in [1.82, 2.24) is 19.9 Å². The van der Waals surface area contributed by atoms with Crippen LogP contribution in [0.25, 0.3) is 32.9 Å². The minimum atomic E-state index is -1.40. The number of hydrogen-bond donors (Lipinski definition) is 4. The van der Waals surface area contributed by atoms with E-state index >= 15 is 0 Å². The molecule has 6 rings (SSSR count). The zero-order valence-corrected chi connectivity index (χ0v) is 24.2. The number of nitrogens with one attached hydrogen (secondary N) is 2. The van der Waals surface area contributed by atoms with E-state index in [-0.39, 0.29) is 11.9 Å². The summed E-state index contributed by atoms with van der Waals surface area (Å²) in [6, 6.07) is 22.5. The van der Waals surface area contributed by atoms with Crippen molar-refractivity contribution in [3.05, 3.63) is 113 Å². The van der Waals surface area contributed by atoms with Crippen molar-refractivity contribution in [2.45, 2.75) is 0 Å². The van der Waals surface area contributed by atoms with E-state index in [2.05, 4.69) is 40.6 Å². The second-order valence-electron chi connectivity index (χ2n) is 8.78. The first-order chi connectivity index (χ1) is 20.3. The highest BCUT2D eigenvalue weighted by atomic mass is 79.9. The zero-order chi connectivity index (χ0) is 30.1. The van der Waals surface area contributed by atoms with E-state index < -0.39 is 7.12 Å². The number of carbonyl (C=O) groups excluding carboxylic acids is 2. The molecule has 0 radical (unpaired) electrons. The van der Waals surface area contributed by atoms with Crippen molar-refractivity contribution in [1.29, 1.82) is 0 Å². The van der Waals surface area contributed by atoms with Crippen LogP contribution >= 0.6 is 15.9 Å². The van der Waals surface area contributed by atoms with E-state index in [1.165, 1.54) is 20.4 Å². The molecule has 0 saturated heterocycles. The van der Waals surface area contributed by atoms with Gasteiger partial charge in [-0.25, -0.2) is 9.59 Å². The highest BCUT2D eigenvalue weighted by Crippen LogP contribution is 2.24. The van der Waals surface area contributed by atoms with Crippen molar-refractivity contribution < 1.29 is 29.1 Å². The number of methoxy groups -OCH3 is 2. The normalized spacial score (nSPS) is 10.2. The molecule has 4 heterocycles. The predicted molar refractivity (Wildman–Crippen MR) is 164 cm³/mol. The highest BCUT2D eigenvalue weighted by molar-refractivity contribution is 9.10. The van der Waals surface area contributed by atoms with Crippen LogP contribution in [0.4, 0.5) is 0 Å². The Morgan fingerprint density at radius 2 is 1.31 bits per heavy atom. The summed E-state index contributed by atoms with van der Waals surface area (Å²) < 4.78 is 10.3. The number of nitrogens with zero attached hydrogens (tertiary/aromatic N) is 2. The number of H-pyrrole nitrogens is 2. The molecule has 4 aromatic heterocycles. The van der Waals surface area contributed by atoms with Crippen LogP contribution in [0.2, 0.25) is 0 Å². The summed E-state index contributed by atoms with van der Waals surface area (Å²) >= 11 is 3.36. The first-order valence-electron chi connectivity index (χ1n) is 12.5. The number of halogens is 1. The number of aromatic amines is 2. The molecule has 212 valence electrons. The SMILES string of the molecule is COC(=O)c1cc2ccc(-c3cccnc3)cc2[nH]1.COC(=O)c1cc2ccc(Br)cc2[nH]1.OB(O)c1cccnc1. The van der Waals surface area contributed by atoms with E-state index in [9.17, 15) is 9.59 Å². The summed E-state index contributed by atoms with van der Waals surface area (Å²) in [5.41, 5.74) is 5.26. The van der Waals surface area contributed by atoms with Crippen LogP contribution in [0, 0.1) is 0 Å². The summed E-state index contributed by atoms with van der Waals surface area (Å²) in [5.74, 6) is -0.712.